The minimum Gasteiger partial charge on any atom is -0.366 e. The normalized spacial score (nSPS) is 18.1. The van der Waals surface area contributed by atoms with Crippen molar-refractivity contribution >= 4 is 28.0 Å². The van der Waals surface area contributed by atoms with Gasteiger partial charge in [0.15, 0.2) is 5.65 Å². The number of nitrogens with one attached hydrogen (secondary N) is 1. The fourth-order valence-electron chi connectivity index (χ4n) is 5.49. The van der Waals surface area contributed by atoms with Crippen molar-refractivity contribution in [2.75, 3.05) is 44.2 Å². The predicted octanol–water partition coefficient (Wildman–Crippen LogP) is 2.52. The zero-order chi connectivity index (χ0) is 23.1. The second kappa shape index (κ2) is 8.70. The van der Waals surface area contributed by atoms with Gasteiger partial charge in [-0.3, -0.25) is 9.69 Å². The summed E-state index contributed by atoms with van der Waals surface area (Å²) in [5.74, 6) is -0.425. The van der Waals surface area contributed by atoms with E-state index < -0.39 is 5.91 Å². The van der Waals surface area contributed by atoms with Crippen LogP contribution in [0.3, 0.4) is 0 Å². The fraction of sp³-hybridized carbons (Fsp3) is 0.346. The molecule has 2 aromatic carbocycles. The van der Waals surface area contributed by atoms with Gasteiger partial charge in [0.25, 0.3) is 0 Å². The highest BCUT2D eigenvalue weighted by molar-refractivity contribution is 6.10. The molecule has 6 rings (SSSR count). The SMILES string of the molecule is NC(=O)c1cccc2c(-c3cnn4cc(N5CCN(C6CCNCC6)CC5)cnc34)cccc12. The number of carbonyl (C=O) groups is 1. The van der Waals surface area contributed by atoms with Gasteiger partial charge in [0, 0.05) is 43.3 Å². The maximum Gasteiger partial charge on any atom is 0.249 e. The molecular weight excluding hydrogens is 426 g/mol. The van der Waals surface area contributed by atoms with E-state index in [0.29, 0.717) is 11.6 Å². The molecule has 8 nitrogen and oxygen atoms in total. The lowest BCUT2D eigenvalue weighted by molar-refractivity contribution is 0.100. The maximum atomic E-state index is 11.9. The number of nitrogens with two attached hydrogens (primary N) is 1. The second-order valence-corrected chi connectivity index (χ2v) is 9.21. The van der Waals surface area contributed by atoms with Crippen LogP contribution in [0.25, 0.3) is 27.5 Å². The van der Waals surface area contributed by atoms with Crippen LogP contribution in [0.1, 0.15) is 23.2 Å². The first-order valence-electron chi connectivity index (χ1n) is 12.0. The van der Waals surface area contributed by atoms with Crippen molar-refractivity contribution in [3.63, 3.8) is 0 Å². The summed E-state index contributed by atoms with van der Waals surface area (Å²) in [4.78, 5) is 21.8. The van der Waals surface area contributed by atoms with Crippen LogP contribution in [0.15, 0.2) is 55.0 Å². The van der Waals surface area contributed by atoms with Gasteiger partial charge in [-0.25, -0.2) is 9.50 Å². The van der Waals surface area contributed by atoms with Crippen molar-refractivity contribution in [3.05, 3.63) is 60.6 Å². The van der Waals surface area contributed by atoms with E-state index in [0.717, 1.165) is 72.5 Å². The average molecular weight is 456 g/mol. The predicted molar refractivity (Wildman–Crippen MR) is 134 cm³/mol. The molecule has 2 aromatic heterocycles. The Labute approximate surface area is 198 Å². The molecule has 4 heterocycles. The number of anilines is 1. The molecular formula is C26H29N7O. The Hall–Kier alpha value is -3.49. The molecule has 2 aliphatic rings. The molecule has 34 heavy (non-hydrogen) atoms. The summed E-state index contributed by atoms with van der Waals surface area (Å²) in [5, 5.41) is 9.89. The Morgan fingerprint density at radius 1 is 0.941 bits per heavy atom. The van der Waals surface area contributed by atoms with Crippen LogP contribution in [-0.4, -0.2) is 70.7 Å². The van der Waals surface area contributed by atoms with E-state index in [-0.39, 0.29) is 0 Å². The van der Waals surface area contributed by atoms with Crippen LogP contribution >= 0.6 is 0 Å². The smallest absolute Gasteiger partial charge is 0.249 e. The lowest BCUT2D eigenvalue weighted by Crippen LogP contribution is -2.52. The highest BCUT2D eigenvalue weighted by atomic mass is 16.1. The van der Waals surface area contributed by atoms with Gasteiger partial charge >= 0.3 is 0 Å². The summed E-state index contributed by atoms with van der Waals surface area (Å²) in [7, 11) is 0. The Kier molecular flexibility index (Phi) is 5.39. The first kappa shape index (κ1) is 21.1. The molecule has 0 aliphatic carbocycles. The monoisotopic (exact) mass is 455 g/mol. The fourth-order valence-corrected chi connectivity index (χ4v) is 5.49. The highest BCUT2D eigenvalue weighted by Gasteiger charge is 2.25. The molecule has 0 unspecified atom stereocenters. The summed E-state index contributed by atoms with van der Waals surface area (Å²) >= 11 is 0. The number of primary amides is 1. The zero-order valence-corrected chi connectivity index (χ0v) is 19.2. The van der Waals surface area contributed by atoms with Crippen LogP contribution in [0.5, 0.6) is 0 Å². The second-order valence-electron chi connectivity index (χ2n) is 9.21. The zero-order valence-electron chi connectivity index (χ0n) is 19.2. The molecule has 2 fully saturated rings. The van der Waals surface area contributed by atoms with Gasteiger partial charge in [-0.2, -0.15) is 5.10 Å². The quantitative estimate of drug-likeness (QED) is 0.491. The number of hydrogen-bond donors (Lipinski definition) is 2. The molecule has 8 heteroatoms. The van der Waals surface area contributed by atoms with Crippen molar-refractivity contribution in [2.45, 2.75) is 18.9 Å². The average Bonchev–Trinajstić information content (AvgIpc) is 3.31. The van der Waals surface area contributed by atoms with E-state index in [2.05, 4.69) is 26.4 Å². The molecule has 4 aromatic rings. The number of amides is 1. The Balaban J connectivity index is 1.27. The van der Waals surface area contributed by atoms with Gasteiger partial charge in [0.2, 0.25) is 5.91 Å². The molecule has 2 saturated heterocycles. The van der Waals surface area contributed by atoms with E-state index >= 15 is 0 Å². The molecule has 2 aliphatic heterocycles. The van der Waals surface area contributed by atoms with Gasteiger partial charge < -0.3 is 16.0 Å². The summed E-state index contributed by atoms with van der Waals surface area (Å²) in [5.41, 5.74) is 9.95. The number of hydrogen-bond acceptors (Lipinski definition) is 6. The number of benzene rings is 2. The van der Waals surface area contributed by atoms with E-state index in [1.54, 1.807) is 6.07 Å². The van der Waals surface area contributed by atoms with Gasteiger partial charge in [-0.15, -0.1) is 0 Å². The van der Waals surface area contributed by atoms with Gasteiger partial charge in [-0.05, 0) is 48.3 Å². The number of nitrogens with zero attached hydrogens (tertiary/aromatic N) is 5. The van der Waals surface area contributed by atoms with Crippen LogP contribution < -0.4 is 16.0 Å². The topological polar surface area (TPSA) is 91.8 Å². The summed E-state index contributed by atoms with van der Waals surface area (Å²) in [6.45, 7) is 6.45. The van der Waals surface area contributed by atoms with Crippen LogP contribution in [0, 0.1) is 0 Å². The van der Waals surface area contributed by atoms with Crippen LogP contribution in [0.4, 0.5) is 5.69 Å². The minimum absolute atomic E-state index is 0.425. The Morgan fingerprint density at radius 3 is 2.50 bits per heavy atom. The van der Waals surface area contributed by atoms with Gasteiger partial charge in [0.1, 0.15) is 0 Å². The largest absolute Gasteiger partial charge is 0.366 e. The summed E-state index contributed by atoms with van der Waals surface area (Å²) in [6, 6.07) is 12.3. The van der Waals surface area contributed by atoms with E-state index in [9.17, 15) is 4.79 Å². The number of fused-ring (bicyclic) bond motifs is 2. The maximum absolute atomic E-state index is 11.9. The van der Waals surface area contributed by atoms with Crippen molar-refractivity contribution in [1.82, 2.24) is 24.8 Å². The number of rotatable bonds is 4. The number of piperidine rings is 1. The van der Waals surface area contributed by atoms with Crippen molar-refractivity contribution < 1.29 is 4.79 Å². The summed E-state index contributed by atoms with van der Waals surface area (Å²) < 4.78 is 1.86. The first-order chi connectivity index (χ1) is 16.7. The molecule has 3 N–H and O–H groups in total. The third-order valence-electron chi connectivity index (χ3n) is 7.32. The Bertz CT molecular complexity index is 1350. The molecule has 1 amide bonds. The molecule has 0 bridgehead atoms. The van der Waals surface area contributed by atoms with Crippen LogP contribution in [0.2, 0.25) is 0 Å². The number of aromatic nitrogens is 3. The van der Waals surface area contributed by atoms with Crippen molar-refractivity contribution in [1.29, 1.82) is 0 Å². The molecule has 0 spiro atoms. The third kappa shape index (κ3) is 3.69. The van der Waals surface area contributed by atoms with E-state index in [1.165, 1.54) is 12.8 Å². The first-order valence-corrected chi connectivity index (χ1v) is 12.0. The lowest BCUT2D eigenvalue weighted by atomic mass is 9.97. The Morgan fingerprint density at radius 2 is 1.71 bits per heavy atom. The molecule has 0 radical (unpaired) electrons. The van der Waals surface area contributed by atoms with E-state index in [4.69, 9.17) is 10.7 Å². The highest BCUT2D eigenvalue weighted by Crippen LogP contribution is 2.33. The van der Waals surface area contributed by atoms with Gasteiger partial charge in [0.05, 0.1) is 24.3 Å². The molecule has 174 valence electrons. The standard InChI is InChI=1S/C26H29N7O/c27-25(34)23-6-2-3-20-21(23)4-1-5-22(20)24-16-30-33-17-19(15-29-26(24)33)32-13-11-31(12-14-32)18-7-9-28-10-8-18/h1-6,15-18,28H,7-14H2,(H2,27,34). The van der Waals surface area contributed by atoms with Crippen LogP contribution in [-0.2, 0) is 0 Å². The van der Waals surface area contributed by atoms with Crippen molar-refractivity contribution in [2.24, 2.45) is 5.73 Å². The van der Waals surface area contributed by atoms with E-state index in [1.807, 2.05) is 47.2 Å². The van der Waals surface area contributed by atoms with Crippen molar-refractivity contribution in [3.8, 4) is 11.1 Å². The minimum atomic E-state index is -0.425. The number of carbonyl (C=O) groups excluding carboxylic acids is 1. The van der Waals surface area contributed by atoms with Gasteiger partial charge in [-0.1, -0.05) is 30.3 Å². The molecule has 0 atom stereocenters. The number of piperazine rings is 1. The third-order valence-corrected chi connectivity index (χ3v) is 7.32. The molecule has 0 saturated carbocycles. The lowest BCUT2D eigenvalue weighted by Gasteiger charge is -2.41. The summed E-state index contributed by atoms with van der Waals surface area (Å²) in [6.07, 6.45) is 8.39.